The lowest BCUT2D eigenvalue weighted by molar-refractivity contribution is -0.129. The molecule has 0 radical (unpaired) electrons. The molecule has 1 aromatic heterocycles. The van der Waals surface area contributed by atoms with E-state index in [9.17, 15) is 4.79 Å². The number of benzene rings is 1. The van der Waals surface area contributed by atoms with Crippen molar-refractivity contribution >= 4 is 28.7 Å². The summed E-state index contributed by atoms with van der Waals surface area (Å²) >= 11 is 1.52. The van der Waals surface area contributed by atoms with Crippen LogP contribution in [0, 0.1) is 6.92 Å². The minimum Gasteiger partial charge on any atom is -0.342 e. The molecule has 5 heteroatoms. The van der Waals surface area contributed by atoms with E-state index in [2.05, 4.69) is 9.97 Å². The Morgan fingerprint density at radius 2 is 1.81 bits per heavy atom. The fourth-order valence-corrected chi connectivity index (χ4v) is 3.55. The van der Waals surface area contributed by atoms with E-state index in [0.717, 1.165) is 47.7 Å². The first-order chi connectivity index (χ1) is 10.1. The zero-order valence-electron chi connectivity index (χ0n) is 12.4. The largest absolute Gasteiger partial charge is 0.342 e. The first-order valence-corrected chi connectivity index (χ1v) is 8.22. The maximum absolute atomic E-state index is 12.4. The van der Waals surface area contributed by atoms with Crippen molar-refractivity contribution in [1.82, 2.24) is 14.9 Å². The molecule has 0 saturated carbocycles. The van der Waals surface area contributed by atoms with Gasteiger partial charge in [-0.05, 0) is 38.8 Å². The summed E-state index contributed by atoms with van der Waals surface area (Å²) in [7, 11) is 0. The molecule has 0 spiro atoms. The average Bonchev–Trinajstić information content (AvgIpc) is 3.01. The molecule has 1 saturated heterocycles. The number of nitrogens with zero attached hydrogens (tertiary/aromatic N) is 3. The first-order valence-electron chi connectivity index (χ1n) is 7.34. The van der Waals surface area contributed by atoms with E-state index in [1.807, 2.05) is 43.0 Å². The zero-order valence-corrected chi connectivity index (χ0v) is 13.2. The van der Waals surface area contributed by atoms with Gasteiger partial charge in [-0.25, -0.2) is 9.97 Å². The topological polar surface area (TPSA) is 46.1 Å². The Hall–Kier alpha value is -1.62. The van der Waals surface area contributed by atoms with Crippen LogP contribution in [0.5, 0.6) is 0 Å². The molecule has 1 aliphatic rings. The highest BCUT2D eigenvalue weighted by Crippen LogP contribution is 2.27. The van der Waals surface area contributed by atoms with Gasteiger partial charge in [0.15, 0.2) is 0 Å². The fraction of sp³-hybridized carbons (Fsp3) is 0.438. The molecule has 3 rings (SSSR count). The third-order valence-corrected chi connectivity index (χ3v) is 4.92. The van der Waals surface area contributed by atoms with Crippen molar-refractivity contribution in [1.29, 1.82) is 0 Å². The molecule has 1 aliphatic heterocycles. The summed E-state index contributed by atoms with van der Waals surface area (Å²) in [6.45, 7) is 5.70. The molecule has 1 aromatic carbocycles. The Morgan fingerprint density at radius 1 is 1.19 bits per heavy atom. The number of carbonyl (C=O) groups excluding carboxylic acids is 1. The number of hydrogen-bond acceptors (Lipinski definition) is 4. The SMILES string of the molecule is Cc1nc2ccccc2nc1SC(C)C(=O)N1CCCC1. The van der Waals surface area contributed by atoms with E-state index in [-0.39, 0.29) is 11.2 Å². The maximum Gasteiger partial charge on any atom is 0.235 e. The highest BCUT2D eigenvalue weighted by atomic mass is 32.2. The van der Waals surface area contributed by atoms with Crippen LogP contribution >= 0.6 is 11.8 Å². The lowest BCUT2D eigenvalue weighted by Crippen LogP contribution is -2.34. The summed E-state index contributed by atoms with van der Waals surface area (Å²) in [6, 6.07) is 7.84. The molecular formula is C16H19N3OS. The third kappa shape index (κ3) is 3.02. The van der Waals surface area contributed by atoms with E-state index >= 15 is 0 Å². The van der Waals surface area contributed by atoms with Gasteiger partial charge in [0.1, 0.15) is 5.03 Å². The zero-order chi connectivity index (χ0) is 14.8. The molecule has 0 N–H and O–H groups in total. The van der Waals surface area contributed by atoms with Gasteiger partial charge < -0.3 is 4.90 Å². The molecule has 0 aliphatic carbocycles. The van der Waals surface area contributed by atoms with Gasteiger partial charge in [0.05, 0.1) is 22.0 Å². The molecule has 2 aromatic rings. The molecule has 21 heavy (non-hydrogen) atoms. The second-order valence-electron chi connectivity index (χ2n) is 5.40. The number of rotatable bonds is 3. The number of fused-ring (bicyclic) bond motifs is 1. The third-order valence-electron chi connectivity index (χ3n) is 3.76. The quantitative estimate of drug-likeness (QED) is 0.818. The summed E-state index contributed by atoms with van der Waals surface area (Å²) in [5.74, 6) is 0.215. The normalized spacial score (nSPS) is 16.4. The first kappa shape index (κ1) is 14.3. The van der Waals surface area contributed by atoms with E-state index in [1.54, 1.807) is 0 Å². The predicted molar refractivity (Wildman–Crippen MR) is 85.4 cm³/mol. The van der Waals surface area contributed by atoms with E-state index in [4.69, 9.17) is 0 Å². The van der Waals surface area contributed by atoms with Crippen LogP contribution in [0.1, 0.15) is 25.5 Å². The van der Waals surface area contributed by atoms with Gasteiger partial charge >= 0.3 is 0 Å². The summed E-state index contributed by atoms with van der Waals surface area (Å²) in [4.78, 5) is 23.6. The van der Waals surface area contributed by atoms with Gasteiger partial charge in [-0.3, -0.25) is 4.79 Å². The summed E-state index contributed by atoms with van der Waals surface area (Å²) in [5.41, 5.74) is 2.67. The molecule has 1 unspecified atom stereocenters. The number of thioether (sulfide) groups is 1. The predicted octanol–water partition coefficient (Wildman–Crippen LogP) is 3.04. The van der Waals surface area contributed by atoms with Crippen molar-refractivity contribution in [2.24, 2.45) is 0 Å². The monoisotopic (exact) mass is 301 g/mol. The average molecular weight is 301 g/mol. The maximum atomic E-state index is 12.4. The van der Waals surface area contributed by atoms with Crippen LogP contribution in [-0.2, 0) is 4.79 Å². The highest BCUT2D eigenvalue weighted by Gasteiger charge is 2.25. The Kier molecular flexibility index (Phi) is 4.10. The minimum absolute atomic E-state index is 0.114. The molecule has 1 atom stereocenters. The number of aromatic nitrogens is 2. The second-order valence-corrected chi connectivity index (χ2v) is 6.72. The number of amides is 1. The number of hydrogen-bond donors (Lipinski definition) is 0. The minimum atomic E-state index is -0.114. The van der Waals surface area contributed by atoms with Crippen molar-refractivity contribution in [2.75, 3.05) is 13.1 Å². The molecular weight excluding hydrogens is 282 g/mol. The van der Waals surface area contributed by atoms with Crippen molar-refractivity contribution in [3.63, 3.8) is 0 Å². The van der Waals surface area contributed by atoms with Crippen LogP contribution in [0.25, 0.3) is 11.0 Å². The van der Waals surface area contributed by atoms with Crippen LogP contribution in [0.3, 0.4) is 0 Å². The van der Waals surface area contributed by atoms with Gasteiger partial charge in [0, 0.05) is 13.1 Å². The Labute approximate surface area is 129 Å². The standard InChI is InChI=1S/C16H19N3OS/c1-11-15(18-14-8-4-3-7-13(14)17-11)21-12(2)16(20)19-9-5-6-10-19/h3-4,7-8,12H,5-6,9-10H2,1-2H3. The number of para-hydroxylation sites is 2. The van der Waals surface area contributed by atoms with Crippen molar-refractivity contribution < 1.29 is 4.79 Å². The van der Waals surface area contributed by atoms with Crippen molar-refractivity contribution in [2.45, 2.75) is 37.0 Å². The molecule has 1 fully saturated rings. The highest BCUT2D eigenvalue weighted by molar-refractivity contribution is 8.00. The van der Waals surface area contributed by atoms with E-state index in [1.165, 1.54) is 11.8 Å². The van der Waals surface area contributed by atoms with Gasteiger partial charge in [-0.1, -0.05) is 23.9 Å². The second kappa shape index (κ2) is 6.02. The number of likely N-dealkylation sites (tertiary alicyclic amines) is 1. The molecule has 110 valence electrons. The van der Waals surface area contributed by atoms with Gasteiger partial charge in [0.2, 0.25) is 5.91 Å². The number of aryl methyl sites for hydroxylation is 1. The molecule has 2 heterocycles. The van der Waals surface area contributed by atoms with Crippen LogP contribution in [-0.4, -0.2) is 39.1 Å². The van der Waals surface area contributed by atoms with Crippen LogP contribution in [0.4, 0.5) is 0 Å². The van der Waals surface area contributed by atoms with Gasteiger partial charge in [-0.2, -0.15) is 0 Å². The molecule has 4 nitrogen and oxygen atoms in total. The summed E-state index contributed by atoms with van der Waals surface area (Å²) in [5, 5.41) is 0.742. The van der Waals surface area contributed by atoms with Crippen molar-refractivity contribution in [3.8, 4) is 0 Å². The Bertz CT molecular complexity index is 668. The lowest BCUT2D eigenvalue weighted by atomic mass is 10.3. The molecule has 1 amide bonds. The Balaban J connectivity index is 1.80. The fourth-order valence-electron chi connectivity index (χ4n) is 2.60. The van der Waals surface area contributed by atoms with Crippen molar-refractivity contribution in [3.05, 3.63) is 30.0 Å². The summed E-state index contributed by atoms with van der Waals surface area (Å²) < 4.78 is 0. The van der Waals surface area contributed by atoms with Gasteiger partial charge in [0.25, 0.3) is 0 Å². The Morgan fingerprint density at radius 3 is 2.48 bits per heavy atom. The van der Waals surface area contributed by atoms with Crippen LogP contribution < -0.4 is 0 Å². The van der Waals surface area contributed by atoms with Crippen LogP contribution in [0.2, 0.25) is 0 Å². The van der Waals surface area contributed by atoms with Crippen LogP contribution in [0.15, 0.2) is 29.3 Å². The van der Waals surface area contributed by atoms with E-state index in [0.29, 0.717) is 0 Å². The van der Waals surface area contributed by atoms with E-state index < -0.39 is 0 Å². The lowest BCUT2D eigenvalue weighted by Gasteiger charge is -2.20. The smallest absolute Gasteiger partial charge is 0.235 e. The number of carbonyl (C=O) groups is 1. The van der Waals surface area contributed by atoms with Gasteiger partial charge in [-0.15, -0.1) is 0 Å². The molecule has 0 bridgehead atoms. The summed E-state index contributed by atoms with van der Waals surface area (Å²) in [6.07, 6.45) is 2.25.